The van der Waals surface area contributed by atoms with E-state index in [1.807, 2.05) is 12.1 Å². The maximum absolute atomic E-state index is 12.9. The minimum absolute atomic E-state index is 0. The fourth-order valence-electron chi connectivity index (χ4n) is 5.15. The zero-order valence-electron chi connectivity index (χ0n) is 18.1. The van der Waals surface area contributed by atoms with Gasteiger partial charge in [-0.1, -0.05) is 26.0 Å². The van der Waals surface area contributed by atoms with Crippen LogP contribution in [0.4, 0.5) is 4.39 Å². The van der Waals surface area contributed by atoms with Crippen LogP contribution in [0.15, 0.2) is 12.1 Å². The third-order valence-electron chi connectivity index (χ3n) is 6.53. The first-order valence-electron chi connectivity index (χ1n) is 10.3. The zero-order chi connectivity index (χ0) is 19.6. The summed E-state index contributed by atoms with van der Waals surface area (Å²) in [6.45, 7) is 5.56. The molecule has 3 N–H and O–H groups in total. The van der Waals surface area contributed by atoms with Gasteiger partial charge in [0.2, 0.25) is 0 Å². The van der Waals surface area contributed by atoms with Gasteiger partial charge in [0.15, 0.2) is 0 Å². The number of piperidine rings is 1. The minimum atomic E-state index is -0.846. The molecule has 3 rings (SSSR count). The predicted molar refractivity (Wildman–Crippen MR) is 135 cm³/mol. The van der Waals surface area contributed by atoms with Crippen molar-refractivity contribution in [3.63, 3.8) is 0 Å². The first-order valence-corrected chi connectivity index (χ1v) is 10.3. The Bertz CT molecular complexity index is 665. The average Bonchev–Trinajstić information content (AvgIpc) is 2.65. The molecule has 0 spiro atoms. The summed E-state index contributed by atoms with van der Waals surface area (Å²) in [5.74, 6) is 0.657. The first kappa shape index (κ1) is 30.0. The molecule has 2 aliphatic heterocycles. The second-order valence-corrected chi connectivity index (χ2v) is 8.82. The van der Waals surface area contributed by atoms with E-state index in [4.69, 9.17) is 0 Å². The van der Waals surface area contributed by atoms with Crippen LogP contribution in [0.1, 0.15) is 67.8 Å². The van der Waals surface area contributed by atoms with Crippen molar-refractivity contribution in [3.8, 4) is 0 Å². The summed E-state index contributed by atoms with van der Waals surface area (Å²) in [4.78, 5) is 2.46. The molecule has 30 heavy (non-hydrogen) atoms. The number of halogens is 1. The molecule has 1 fully saturated rings. The quantitative estimate of drug-likeness (QED) is 0.559. The highest BCUT2D eigenvalue weighted by Crippen LogP contribution is 2.47. The number of hydrogen-bond donors (Lipinski definition) is 3. The molecular formula is C22H40FNO3S3. The Kier molecular flexibility index (Phi) is 12.9. The standard InChI is InChI=1S/C22H34FNO3.3H2S/c1-15(2)8-19-12-24-7-4-16-9-17(13-25)18(14-26)10-20(16)21(24)11-22(19,27)5-3-6-23;;;/h9-10,15,19,21,25-27H,3-8,11-14H2,1-2H3;3*1H2/t19-,21-,22-;;;/m0.../s1/i23-1;;;. The molecule has 0 unspecified atom stereocenters. The number of aliphatic hydroxyl groups is 3. The molecule has 1 aromatic carbocycles. The van der Waals surface area contributed by atoms with Crippen molar-refractivity contribution in [1.29, 1.82) is 0 Å². The Labute approximate surface area is 201 Å². The second-order valence-electron chi connectivity index (χ2n) is 8.82. The van der Waals surface area contributed by atoms with Gasteiger partial charge >= 0.3 is 0 Å². The number of nitrogens with zero attached hydrogens (tertiary/aromatic N) is 1. The second kappa shape index (κ2) is 12.9. The van der Waals surface area contributed by atoms with E-state index in [1.54, 1.807) is 0 Å². The van der Waals surface area contributed by atoms with Gasteiger partial charge in [-0.05, 0) is 60.3 Å². The molecule has 0 amide bonds. The maximum Gasteiger partial charge on any atom is 0.0895 e. The van der Waals surface area contributed by atoms with Crippen molar-refractivity contribution in [2.75, 3.05) is 19.8 Å². The summed E-state index contributed by atoms with van der Waals surface area (Å²) in [6, 6.07) is 4.12. The summed E-state index contributed by atoms with van der Waals surface area (Å²) < 4.78 is 12.9. The molecule has 0 aromatic heterocycles. The molecule has 0 radical (unpaired) electrons. The lowest BCUT2D eigenvalue weighted by molar-refractivity contribution is -0.109. The van der Waals surface area contributed by atoms with E-state index < -0.39 is 12.3 Å². The van der Waals surface area contributed by atoms with E-state index in [2.05, 4.69) is 18.7 Å². The van der Waals surface area contributed by atoms with Crippen molar-refractivity contribution in [1.82, 2.24) is 4.90 Å². The van der Waals surface area contributed by atoms with Gasteiger partial charge in [0.05, 0.1) is 25.5 Å². The molecule has 0 saturated carbocycles. The van der Waals surface area contributed by atoms with Gasteiger partial charge in [-0.25, -0.2) is 0 Å². The molecule has 3 atom stereocenters. The number of alkyl halides is 1. The van der Waals surface area contributed by atoms with Crippen LogP contribution in [0, 0.1) is 11.8 Å². The highest BCUT2D eigenvalue weighted by molar-refractivity contribution is 7.59. The lowest BCUT2D eigenvalue weighted by atomic mass is 9.69. The van der Waals surface area contributed by atoms with Crippen molar-refractivity contribution in [2.45, 2.75) is 70.8 Å². The summed E-state index contributed by atoms with van der Waals surface area (Å²) in [5.41, 5.74) is 3.05. The number of hydrogen-bond acceptors (Lipinski definition) is 4. The molecule has 1 saturated heterocycles. The average molecular weight is 481 g/mol. The number of fused-ring (bicyclic) bond motifs is 3. The van der Waals surface area contributed by atoms with E-state index in [0.717, 1.165) is 42.6 Å². The highest BCUT2D eigenvalue weighted by atomic mass is 32.1. The van der Waals surface area contributed by atoms with E-state index >= 15 is 0 Å². The van der Waals surface area contributed by atoms with Crippen LogP contribution in [-0.4, -0.2) is 45.6 Å². The SMILES string of the molecule is CC(C)C[C@H]1CN2CCc3cc(CO)c(CO)cc3[C@@H]2C[C@@]1(O)CCC[18F].S.S.S. The fraction of sp³-hybridized carbons (Fsp3) is 0.727. The van der Waals surface area contributed by atoms with Gasteiger partial charge in [-0.3, -0.25) is 9.29 Å². The maximum atomic E-state index is 12.9. The molecule has 2 aliphatic rings. The molecule has 2 heterocycles. The van der Waals surface area contributed by atoms with Crippen molar-refractivity contribution in [2.24, 2.45) is 11.8 Å². The Morgan fingerprint density at radius 2 is 1.77 bits per heavy atom. The van der Waals surface area contributed by atoms with Crippen LogP contribution in [0.3, 0.4) is 0 Å². The first-order chi connectivity index (χ1) is 12.9. The zero-order valence-corrected chi connectivity index (χ0v) is 21.1. The van der Waals surface area contributed by atoms with E-state index in [1.165, 1.54) is 5.56 Å². The molecule has 0 aliphatic carbocycles. The van der Waals surface area contributed by atoms with Crippen LogP contribution < -0.4 is 0 Å². The number of benzene rings is 1. The Morgan fingerprint density at radius 3 is 2.33 bits per heavy atom. The van der Waals surface area contributed by atoms with Crippen LogP contribution >= 0.6 is 40.5 Å². The molecule has 8 heteroatoms. The summed E-state index contributed by atoms with van der Waals surface area (Å²) in [7, 11) is 0. The van der Waals surface area contributed by atoms with Gasteiger partial charge in [-0.15, -0.1) is 0 Å². The van der Waals surface area contributed by atoms with Crippen LogP contribution in [0.2, 0.25) is 0 Å². The third kappa shape index (κ3) is 6.30. The van der Waals surface area contributed by atoms with Crippen molar-refractivity contribution >= 4 is 40.5 Å². The highest BCUT2D eigenvalue weighted by Gasteiger charge is 2.47. The van der Waals surface area contributed by atoms with E-state index in [-0.39, 0.29) is 65.7 Å². The Morgan fingerprint density at radius 1 is 1.13 bits per heavy atom. The van der Waals surface area contributed by atoms with E-state index in [0.29, 0.717) is 25.2 Å². The van der Waals surface area contributed by atoms with Crippen LogP contribution in [0.5, 0.6) is 0 Å². The largest absolute Gasteiger partial charge is 0.392 e. The monoisotopic (exact) mass is 480 g/mol. The summed E-state index contributed by atoms with van der Waals surface area (Å²) >= 11 is 0. The molecule has 176 valence electrons. The van der Waals surface area contributed by atoms with Gasteiger partial charge in [0.25, 0.3) is 0 Å². The molecule has 0 bridgehead atoms. The lowest BCUT2D eigenvalue weighted by Crippen LogP contribution is -2.55. The van der Waals surface area contributed by atoms with Gasteiger partial charge < -0.3 is 15.3 Å². The summed E-state index contributed by atoms with van der Waals surface area (Å²) in [5, 5.41) is 30.8. The Hall–Kier alpha value is 0.0400. The topological polar surface area (TPSA) is 63.9 Å². The van der Waals surface area contributed by atoms with Gasteiger partial charge in [0.1, 0.15) is 0 Å². The fourth-order valence-corrected chi connectivity index (χ4v) is 5.15. The van der Waals surface area contributed by atoms with E-state index in [9.17, 15) is 19.7 Å². The summed E-state index contributed by atoms with van der Waals surface area (Å²) in [6.07, 6.45) is 3.38. The third-order valence-corrected chi connectivity index (χ3v) is 6.53. The van der Waals surface area contributed by atoms with Crippen molar-refractivity contribution in [3.05, 3.63) is 34.4 Å². The van der Waals surface area contributed by atoms with Crippen LogP contribution in [-0.2, 0) is 19.6 Å². The smallest absolute Gasteiger partial charge is 0.0895 e. The van der Waals surface area contributed by atoms with Gasteiger partial charge in [0, 0.05) is 25.0 Å². The van der Waals surface area contributed by atoms with Crippen molar-refractivity contribution < 1.29 is 19.7 Å². The van der Waals surface area contributed by atoms with Gasteiger partial charge in [-0.2, -0.15) is 40.5 Å². The number of rotatable bonds is 7. The normalized spacial score (nSPS) is 25.4. The lowest BCUT2D eigenvalue weighted by Gasteiger charge is -2.52. The molecule has 4 nitrogen and oxygen atoms in total. The minimum Gasteiger partial charge on any atom is -0.392 e. The molecular weight excluding hydrogens is 440 g/mol. The Balaban J connectivity index is 0.00000280. The predicted octanol–water partition coefficient (Wildman–Crippen LogP) is 3.46. The number of aliphatic hydroxyl groups excluding tert-OH is 2. The van der Waals surface area contributed by atoms with Crippen LogP contribution in [0.25, 0.3) is 0 Å². The molecule has 1 aromatic rings.